The van der Waals surface area contributed by atoms with E-state index in [9.17, 15) is 8.42 Å². The molecular weight excluding hydrogens is 274 g/mol. The monoisotopic (exact) mass is 295 g/mol. The quantitative estimate of drug-likeness (QED) is 0.924. The number of ether oxygens (including phenoxy) is 1. The maximum absolute atomic E-state index is 12.4. The van der Waals surface area contributed by atoms with Crippen LogP contribution in [0.4, 0.5) is 0 Å². The Morgan fingerprint density at radius 3 is 2.80 bits per heavy atom. The van der Waals surface area contributed by atoms with Crippen LogP contribution in [0.1, 0.15) is 37.3 Å². The number of aryl methyl sites for hydroxylation is 2. The molecule has 1 aromatic carbocycles. The van der Waals surface area contributed by atoms with Gasteiger partial charge in [-0.25, -0.2) is 13.1 Å². The Hall–Kier alpha value is -0.910. The van der Waals surface area contributed by atoms with Gasteiger partial charge in [0.05, 0.1) is 11.0 Å². The standard InChI is InChI=1S/C15H21NO3S/c1-11(15-6-3-9-19-15)16-20(17,18)14-8-7-12-4-2-5-13(12)10-14/h7-8,10-11,15-16H,2-6,9H2,1H3. The summed E-state index contributed by atoms with van der Waals surface area (Å²) in [5.74, 6) is 0. The topological polar surface area (TPSA) is 55.4 Å². The molecule has 1 fully saturated rings. The minimum absolute atomic E-state index is 0.000739. The van der Waals surface area contributed by atoms with E-state index in [1.807, 2.05) is 19.1 Å². The van der Waals surface area contributed by atoms with Crippen molar-refractivity contribution in [2.24, 2.45) is 0 Å². The van der Waals surface area contributed by atoms with Crippen LogP contribution in [0.3, 0.4) is 0 Å². The van der Waals surface area contributed by atoms with Crippen LogP contribution in [0, 0.1) is 0 Å². The molecule has 0 saturated carbocycles. The van der Waals surface area contributed by atoms with Crippen molar-refractivity contribution >= 4 is 10.0 Å². The van der Waals surface area contributed by atoms with E-state index in [1.165, 1.54) is 11.1 Å². The van der Waals surface area contributed by atoms with Crippen LogP contribution in [-0.4, -0.2) is 27.2 Å². The average Bonchev–Trinajstić information content (AvgIpc) is 3.08. The van der Waals surface area contributed by atoms with Crippen LogP contribution >= 0.6 is 0 Å². The van der Waals surface area contributed by atoms with Crippen molar-refractivity contribution in [3.63, 3.8) is 0 Å². The molecule has 0 bridgehead atoms. The molecule has 110 valence electrons. The second-order valence-corrected chi connectivity index (χ2v) is 7.46. The van der Waals surface area contributed by atoms with Crippen LogP contribution < -0.4 is 4.72 Å². The van der Waals surface area contributed by atoms with Crippen molar-refractivity contribution in [2.45, 2.75) is 56.1 Å². The normalized spacial score (nSPS) is 23.8. The molecule has 1 aliphatic heterocycles. The van der Waals surface area contributed by atoms with E-state index in [1.54, 1.807) is 6.07 Å². The summed E-state index contributed by atoms with van der Waals surface area (Å²) in [5, 5.41) is 0. The van der Waals surface area contributed by atoms with Crippen LogP contribution in [0.5, 0.6) is 0 Å². The summed E-state index contributed by atoms with van der Waals surface area (Å²) in [6, 6.07) is 5.31. The molecule has 0 amide bonds. The first-order valence-corrected chi connectivity index (χ1v) is 8.80. The Labute approximate surface area is 120 Å². The fraction of sp³-hybridized carbons (Fsp3) is 0.600. The van der Waals surface area contributed by atoms with Crippen LogP contribution in [0.2, 0.25) is 0 Å². The predicted molar refractivity (Wildman–Crippen MR) is 77.2 cm³/mol. The lowest BCUT2D eigenvalue weighted by Gasteiger charge is -2.20. The van der Waals surface area contributed by atoms with Gasteiger partial charge in [-0.3, -0.25) is 0 Å². The van der Waals surface area contributed by atoms with Gasteiger partial charge in [-0.05, 0) is 62.3 Å². The van der Waals surface area contributed by atoms with Crippen molar-refractivity contribution in [2.75, 3.05) is 6.61 Å². The molecule has 20 heavy (non-hydrogen) atoms. The Morgan fingerprint density at radius 1 is 1.25 bits per heavy atom. The van der Waals surface area contributed by atoms with Crippen LogP contribution in [0.15, 0.2) is 23.1 Å². The second kappa shape index (κ2) is 5.47. The molecule has 0 radical (unpaired) electrons. The molecule has 1 aromatic rings. The lowest BCUT2D eigenvalue weighted by atomic mass is 10.1. The van der Waals surface area contributed by atoms with Crippen molar-refractivity contribution in [1.82, 2.24) is 4.72 Å². The summed E-state index contributed by atoms with van der Waals surface area (Å²) in [6.07, 6.45) is 5.11. The van der Waals surface area contributed by atoms with Gasteiger partial charge in [0.15, 0.2) is 0 Å². The predicted octanol–water partition coefficient (Wildman–Crippen LogP) is 2.02. The molecule has 0 spiro atoms. The molecule has 4 nitrogen and oxygen atoms in total. The van der Waals surface area contributed by atoms with Gasteiger partial charge < -0.3 is 4.74 Å². The van der Waals surface area contributed by atoms with Crippen molar-refractivity contribution in [3.8, 4) is 0 Å². The molecule has 2 atom stereocenters. The van der Waals surface area contributed by atoms with Gasteiger partial charge in [0.25, 0.3) is 0 Å². The molecule has 1 saturated heterocycles. The van der Waals surface area contributed by atoms with Gasteiger partial charge in [-0.1, -0.05) is 6.07 Å². The summed E-state index contributed by atoms with van der Waals surface area (Å²) in [4.78, 5) is 0.378. The minimum atomic E-state index is -3.45. The molecule has 1 heterocycles. The maximum Gasteiger partial charge on any atom is 0.240 e. The van der Waals surface area contributed by atoms with Gasteiger partial charge >= 0.3 is 0 Å². The number of hydrogen-bond acceptors (Lipinski definition) is 3. The number of hydrogen-bond donors (Lipinski definition) is 1. The van der Waals surface area contributed by atoms with Crippen LogP contribution in [-0.2, 0) is 27.6 Å². The zero-order valence-electron chi connectivity index (χ0n) is 11.8. The number of sulfonamides is 1. The molecular formula is C15H21NO3S. The molecule has 5 heteroatoms. The Bertz CT molecular complexity index is 591. The minimum Gasteiger partial charge on any atom is -0.377 e. The lowest BCUT2D eigenvalue weighted by Crippen LogP contribution is -2.40. The van der Waals surface area contributed by atoms with E-state index in [-0.39, 0.29) is 12.1 Å². The number of nitrogens with one attached hydrogen (secondary N) is 1. The van der Waals surface area contributed by atoms with E-state index in [2.05, 4.69) is 4.72 Å². The largest absolute Gasteiger partial charge is 0.377 e. The van der Waals surface area contributed by atoms with Gasteiger partial charge in [0.1, 0.15) is 0 Å². The van der Waals surface area contributed by atoms with Crippen LogP contribution in [0.25, 0.3) is 0 Å². The average molecular weight is 295 g/mol. The smallest absolute Gasteiger partial charge is 0.240 e. The molecule has 1 aliphatic carbocycles. The molecule has 3 rings (SSSR count). The highest BCUT2D eigenvalue weighted by Crippen LogP contribution is 2.25. The zero-order valence-corrected chi connectivity index (χ0v) is 12.6. The summed E-state index contributed by atoms with van der Waals surface area (Å²) in [7, 11) is -3.45. The van der Waals surface area contributed by atoms with Crippen molar-refractivity contribution < 1.29 is 13.2 Å². The van der Waals surface area contributed by atoms with Gasteiger partial charge in [0.2, 0.25) is 10.0 Å². The molecule has 1 N–H and O–H groups in total. The van der Waals surface area contributed by atoms with Gasteiger partial charge in [-0.15, -0.1) is 0 Å². The van der Waals surface area contributed by atoms with Crippen molar-refractivity contribution in [3.05, 3.63) is 29.3 Å². The van der Waals surface area contributed by atoms with E-state index < -0.39 is 10.0 Å². The van der Waals surface area contributed by atoms with Gasteiger partial charge in [0, 0.05) is 12.6 Å². The number of benzene rings is 1. The fourth-order valence-corrected chi connectivity index (χ4v) is 4.42. The Morgan fingerprint density at radius 2 is 2.05 bits per heavy atom. The first-order chi connectivity index (χ1) is 9.56. The highest BCUT2D eigenvalue weighted by atomic mass is 32.2. The number of rotatable bonds is 4. The first-order valence-electron chi connectivity index (χ1n) is 7.32. The highest BCUT2D eigenvalue weighted by molar-refractivity contribution is 7.89. The Balaban J connectivity index is 1.77. The van der Waals surface area contributed by atoms with Crippen molar-refractivity contribution in [1.29, 1.82) is 0 Å². The summed E-state index contributed by atoms with van der Waals surface area (Å²) >= 11 is 0. The van der Waals surface area contributed by atoms with E-state index in [0.717, 1.165) is 38.7 Å². The number of fused-ring (bicyclic) bond motifs is 1. The third kappa shape index (κ3) is 2.75. The van der Waals surface area contributed by atoms with E-state index in [0.29, 0.717) is 4.90 Å². The fourth-order valence-electron chi connectivity index (χ4n) is 3.10. The second-order valence-electron chi connectivity index (χ2n) is 5.75. The highest BCUT2D eigenvalue weighted by Gasteiger charge is 2.27. The summed E-state index contributed by atoms with van der Waals surface area (Å²) in [5.41, 5.74) is 2.47. The first kappa shape index (κ1) is 14.0. The molecule has 0 aromatic heterocycles. The molecule has 2 aliphatic rings. The third-order valence-corrected chi connectivity index (χ3v) is 5.80. The van der Waals surface area contributed by atoms with E-state index >= 15 is 0 Å². The molecule has 2 unspecified atom stereocenters. The summed E-state index contributed by atoms with van der Waals surface area (Å²) < 4.78 is 33.2. The SMILES string of the molecule is CC(NS(=O)(=O)c1ccc2c(c1)CCC2)C1CCCO1. The summed E-state index contributed by atoms with van der Waals surface area (Å²) in [6.45, 7) is 2.61. The van der Waals surface area contributed by atoms with E-state index in [4.69, 9.17) is 4.74 Å². The maximum atomic E-state index is 12.4. The third-order valence-electron chi connectivity index (χ3n) is 4.24. The zero-order chi connectivity index (χ0) is 14.2. The Kier molecular flexibility index (Phi) is 3.84. The van der Waals surface area contributed by atoms with Gasteiger partial charge in [-0.2, -0.15) is 0 Å². The lowest BCUT2D eigenvalue weighted by molar-refractivity contribution is 0.0902.